The van der Waals surface area contributed by atoms with Crippen LogP contribution in [0.15, 0.2) is 102 Å². The zero-order valence-electron chi connectivity index (χ0n) is 20.5. The van der Waals surface area contributed by atoms with Gasteiger partial charge in [0.2, 0.25) is 10.0 Å². The third kappa shape index (κ3) is 6.47. The monoisotopic (exact) mass is 548 g/mol. The number of carbonyl (C=O) groups is 2. The lowest BCUT2D eigenvalue weighted by Crippen LogP contribution is -2.27. The number of ketones is 1. The summed E-state index contributed by atoms with van der Waals surface area (Å²) in [5.41, 5.74) is 1.95. The van der Waals surface area contributed by atoms with Gasteiger partial charge in [-0.2, -0.15) is 0 Å². The van der Waals surface area contributed by atoms with Crippen LogP contribution in [-0.2, 0) is 16.4 Å². The zero-order valence-corrected chi connectivity index (χ0v) is 22.1. The van der Waals surface area contributed by atoms with Gasteiger partial charge in [-0.15, -0.1) is 0 Å². The minimum Gasteiger partial charge on any atom is -0.495 e. The van der Waals surface area contributed by atoms with E-state index in [1.807, 2.05) is 30.3 Å². The van der Waals surface area contributed by atoms with Crippen LogP contribution in [0, 0.1) is 0 Å². The fourth-order valence-corrected chi connectivity index (χ4v) is 5.23. The highest BCUT2D eigenvalue weighted by Gasteiger charge is 2.23. The van der Waals surface area contributed by atoms with Crippen molar-refractivity contribution < 1.29 is 22.7 Å². The molecule has 1 amide bonds. The molecule has 4 rings (SSSR count). The maximum absolute atomic E-state index is 13.2. The summed E-state index contributed by atoms with van der Waals surface area (Å²) in [6, 6.07) is 26.8. The second kappa shape index (κ2) is 12.0. The van der Waals surface area contributed by atoms with E-state index in [2.05, 4.69) is 10.0 Å². The Labute approximate surface area is 226 Å². The summed E-state index contributed by atoms with van der Waals surface area (Å²) >= 11 is 6.13. The summed E-state index contributed by atoms with van der Waals surface area (Å²) < 4.78 is 34.0. The third-order valence-corrected chi connectivity index (χ3v) is 7.49. The summed E-state index contributed by atoms with van der Waals surface area (Å²) in [7, 11) is -2.64. The number of benzene rings is 4. The molecular formula is C29H25ClN2O5S. The van der Waals surface area contributed by atoms with Crippen LogP contribution in [0.2, 0.25) is 5.02 Å². The summed E-state index contributed by atoms with van der Waals surface area (Å²) in [6.45, 7) is 0.168. The molecule has 0 saturated heterocycles. The van der Waals surface area contributed by atoms with Crippen LogP contribution in [0.5, 0.6) is 5.75 Å². The van der Waals surface area contributed by atoms with E-state index >= 15 is 0 Å². The van der Waals surface area contributed by atoms with Crippen molar-refractivity contribution in [3.05, 3.63) is 124 Å². The SMILES string of the molecule is COc1ccc(C(=O)Nc2ccc(Cl)cc2C(=O)c2ccccc2)cc1S(=O)(=O)NCCc1ccccc1. The topological polar surface area (TPSA) is 102 Å². The van der Waals surface area contributed by atoms with Gasteiger partial charge in [0.1, 0.15) is 10.6 Å². The first kappa shape index (κ1) is 27.1. The Hall–Kier alpha value is -3.98. The Morgan fingerprint density at radius 3 is 2.21 bits per heavy atom. The molecule has 0 atom stereocenters. The second-order valence-electron chi connectivity index (χ2n) is 8.34. The molecule has 194 valence electrons. The summed E-state index contributed by atoms with van der Waals surface area (Å²) in [5.74, 6) is -0.818. The van der Waals surface area contributed by atoms with Crippen molar-refractivity contribution in [2.75, 3.05) is 19.0 Å². The summed E-state index contributed by atoms with van der Waals surface area (Å²) in [5, 5.41) is 3.05. The number of ether oxygens (including phenoxy) is 1. The van der Waals surface area contributed by atoms with E-state index < -0.39 is 15.9 Å². The molecule has 38 heavy (non-hydrogen) atoms. The number of anilines is 1. The Morgan fingerprint density at radius 1 is 0.842 bits per heavy atom. The maximum atomic E-state index is 13.2. The standard InChI is InChI=1S/C29H25ClN2O5S/c1-37-26-15-12-22(18-27(26)38(35,36)31-17-16-20-8-4-2-5-9-20)29(34)32-25-14-13-23(30)19-24(25)28(33)21-10-6-3-7-11-21/h2-15,18-19,31H,16-17H2,1H3,(H,32,34). The van der Waals surface area contributed by atoms with Crippen LogP contribution in [0.3, 0.4) is 0 Å². The molecule has 0 aromatic heterocycles. The molecule has 4 aromatic rings. The normalized spacial score (nSPS) is 11.1. The first-order valence-electron chi connectivity index (χ1n) is 11.7. The quantitative estimate of drug-likeness (QED) is 0.260. The van der Waals surface area contributed by atoms with Crippen LogP contribution in [0.25, 0.3) is 0 Å². The van der Waals surface area contributed by atoms with Crippen LogP contribution >= 0.6 is 11.6 Å². The molecule has 0 fully saturated rings. The first-order chi connectivity index (χ1) is 18.3. The highest BCUT2D eigenvalue weighted by atomic mass is 35.5. The zero-order chi connectivity index (χ0) is 27.1. The van der Waals surface area contributed by atoms with E-state index in [0.717, 1.165) is 5.56 Å². The molecule has 0 unspecified atom stereocenters. The Kier molecular flexibility index (Phi) is 8.58. The van der Waals surface area contributed by atoms with Gasteiger partial charge in [-0.05, 0) is 48.4 Å². The highest BCUT2D eigenvalue weighted by Crippen LogP contribution is 2.27. The molecule has 0 aliphatic rings. The molecular weight excluding hydrogens is 524 g/mol. The van der Waals surface area contributed by atoms with Gasteiger partial charge in [0.25, 0.3) is 5.91 Å². The van der Waals surface area contributed by atoms with Crippen LogP contribution in [0.4, 0.5) is 5.69 Å². The lowest BCUT2D eigenvalue weighted by atomic mass is 10.0. The molecule has 0 heterocycles. The second-order valence-corrected chi connectivity index (χ2v) is 10.5. The molecule has 7 nitrogen and oxygen atoms in total. The number of hydrogen-bond donors (Lipinski definition) is 2. The number of hydrogen-bond acceptors (Lipinski definition) is 5. The van der Waals surface area contributed by atoms with Crippen LogP contribution < -0.4 is 14.8 Å². The van der Waals surface area contributed by atoms with E-state index in [1.54, 1.807) is 36.4 Å². The molecule has 0 radical (unpaired) electrons. The summed E-state index contributed by atoms with van der Waals surface area (Å²) in [6.07, 6.45) is 0.497. The average Bonchev–Trinajstić information content (AvgIpc) is 2.94. The number of carbonyl (C=O) groups excluding carboxylic acids is 2. The predicted molar refractivity (Wildman–Crippen MR) is 148 cm³/mol. The number of methoxy groups -OCH3 is 1. The largest absolute Gasteiger partial charge is 0.495 e. The third-order valence-electron chi connectivity index (χ3n) is 5.77. The number of nitrogens with one attached hydrogen (secondary N) is 2. The number of halogens is 1. The van der Waals surface area contributed by atoms with Crippen LogP contribution in [0.1, 0.15) is 31.8 Å². The van der Waals surface area contributed by atoms with Gasteiger partial charge in [-0.3, -0.25) is 9.59 Å². The van der Waals surface area contributed by atoms with Crippen LogP contribution in [-0.4, -0.2) is 33.8 Å². The molecule has 9 heteroatoms. The van der Waals surface area contributed by atoms with Crippen molar-refractivity contribution in [2.45, 2.75) is 11.3 Å². The number of amides is 1. The van der Waals surface area contributed by atoms with Gasteiger partial charge >= 0.3 is 0 Å². The van der Waals surface area contributed by atoms with Crippen molar-refractivity contribution >= 4 is 39.0 Å². The van der Waals surface area contributed by atoms with Gasteiger partial charge < -0.3 is 10.1 Å². The van der Waals surface area contributed by atoms with E-state index in [9.17, 15) is 18.0 Å². The predicted octanol–water partition coefficient (Wildman–Crippen LogP) is 5.35. The first-order valence-corrected chi connectivity index (χ1v) is 13.6. The molecule has 0 aliphatic carbocycles. The molecule has 0 spiro atoms. The minimum atomic E-state index is -3.99. The Morgan fingerprint density at radius 2 is 1.53 bits per heavy atom. The summed E-state index contributed by atoms with van der Waals surface area (Å²) in [4.78, 5) is 26.1. The Balaban J connectivity index is 1.57. The molecule has 2 N–H and O–H groups in total. The minimum absolute atomic E-state index is 0.0716. The van der Waals surface area contributed by atoms with Gasteiger partial charge in [-0.25, -0.2) is 13.1 Å². The van der Waals surface area contributed by atoms with Gasteiger partial charge in [0.15, 0.2) is 5.78 Å². The van der Waals surface area contributed by atoms with E-state index in [1.165, 1.54) is 37.4 Å². The van der Waals surface area contributed by atoms with Crippen molar-refractivity contribution in [3.8, 4) is 5.75 Å². The Bertz CT molecular complexity index is 1560. The number of rotatable bonds is 10. The van der Waals surface area contributed by atoms with E-state index in [4.69, 9.17) is 16.3 Å². The van der Waals surface area contributed by atoms with E-state index in [0.29, 0.717) is 17.0 Å². The van der Waals surface area contributed by atoms with E-state index in [-0.39, 0.29) is 39.8 Å². The average molecular weight is 549 g/mol. The maximum Gasteiger partial charge on any atom is 0.255 e. The smallest absolute Gasteiger partial charge is 0.255 e. The lowest BCUT2D eigenvalue weighted by molar-refractivity contribution is 0.102. The lowest BCUT2D eigenvalue weighted by Gasteiger charge is -2.14. The molecule has 0 bridgehead atoms. The van der Waals surface area contributed by atoms with Crippen molar-refractivity contribution in [3.63, 3.8) is 0 Å². The molecule has 0 saturated carbocycles. The van der Waals surface area contributed by atoms with Crippen molar-refractivity contribution in [1.29, 1.82) is 0 Å². The van der Waals surface area contributed by atoms with Gasteiger partial charge in [0, 0.05) is 28.3 Å². The van der Waals surface area contributed by atoms with Crippen molar-refractivity contribution in [1.82, 2.24) is 4.72 Å². The fourth-order valence-electron chi connectivity index (χ4n) is 3.83. The van der Waals surface area contributed by atoms with Gasteiger partial charge in [-0.1, -0.05) is 72.3 Å². The highest BCUT2D eigenvalue weighted by molar-refractivity contribution is 7.89. The van der Waals surface area contributed by atoms with Crippen molar-refractivity contribution in [2.24, 2.45) is 0 Å². The molecule has 4 aromatic carbocycles. The molecule has 0 aliphatic heterocycles. The van der Waals surface area contributed by atoms with Gasteiger partial charge in [0.05, 0.1) is 12.8 Å². The fraction of sp³-hybridized carbons (Fsp3) is 0.103. The number of sulfonamides is 1.